The zero-order valence-electron chi connectivity index (χ0n) is 15.0. The van der Waals surface area contributed by atoms with Crippen LogP contribution in [0.1, 0.15) is 24.8 Å². The summed E-state index contributed by atoms with van der Waals surface area (Å²) in [6, 6.07) is 12.5. The Hall–Kier alpha value is -2.96. The van der Waals surface area contributed by atoms with Crippen LogP contribution >= 0.6 is 0 Å². The first kappa shape index (κ1) is 19.4. The smallest absolute Gasteiger partial charge is 0.185 e. The van der Waals surface area contributed by atoms with E-state index < -0.39 is 0 Å². The lowest BCUT2D eigenvalue weighted by molar-refractivity contribution is 0.317. The third-order valence-corrected chi connectivity index (χ3v) is 3.98. The number of fused-ring (bicyclic) bond motifs is 1. The van der Waals surface area contributed by atoms with E-state index in [0.717, 1.165) is 36.8 Å². The lowest BCUT2D eigenvalue weighted by atomic mass is 9.99. The van der Waals surface area contributed by atoms with Crippen molar-refractivity contribution in [3.63, 3.8) is 0 Å². The van der Waals surface area contributed by atoms with Gasteiger partial charge in [-0.2, -0.15) is 0 Å². The summed E-state index contributed by atoms with van der Waals surface area (Å²) in [6.45, 7) is 1.80. The van der Waals surface area contributed by atoms with Crippen molar-refractivity contribution in [3.05, 3.63) is 42.0 Å². The first-order valence-corrected chi connectivity index (χ1v) is 8.82. The van der Waals surface area contributed by atoms with E-state index in [9.17, 15) is 0 Å². The van der Waals surface area contributed by atoms with Crippen LogP contribution in [0.25, 0.3) is 10.8 Å². The molecule has 26 heavy (non-hydrogen) atoms. The average molecular weight is 356 g/mol. The normalized spacial score (nSPS) is 10.5. The number of hydrogen-bond donors (Lipinski definition) is 4. The summed E-state index contributed by atoms with van der Waals surface area (Å²) in [7, 11) is 0. The van der Waals surface area contributed by atoms with Crippen LogP contribution in [0.5, 0.6) is 5.75 Å². The van der Waals surface area contributed by atoms with Crippen molar-refractivity contribution in [1.29, 1.82) is 0 Å². The zero-order valence-corrected chi connectivity index (χ0v) is 15.0. The van der Waals surface area contributed by atoms with Gasteiger partial charge in [0.2, 0.25) is 0 Å². The molecule has 2 rings (SSSR count). The fourth-order valence-electron chi connectivity index (χ4n) is 2.77. The van der Waals surface area contributed by atoms with Crippen LogP contribution < -0.4 is 27.7 Å². The zero-order chi connectivity index (χ0) is 18.8. The fourth-order valence-corrected chi connectivity index (χ4v) is 2.77. The molecule has 0 aliphatic heterocycles. The number of aliphatic imine (C=N–C) groups is 2. The topological polar surface area (TPSA) is 138 Å². The van der Waals surface area contributed by atoms with Gasteiger partial charge in [-0.25, -0.2) is 0 Å². The van der Waals surface area contributed by atoms with E-state index in [1.807, 2.05) is 18.2 Å². The van der Waals surface area contributed by atoms with Crippen LogP contribution in [0.4, 0.5) is 0 Å². The highest BCUT2D eigenvalue weighted by Crippen LogP contribution is 2.29. The monoisotopic (exact) mass is 356 g/mol. The van der Waals surface area contributed by atoms with Crippen molar-refractivity contribution >= 4 is 22.7 Å². The van der Waals surface area contributed by atoms with Gasteiger partial charge < -0.3 is 27.7 Å². The Labute approximate surface area is 154 Å². The molecule has 0 aliphatic rings. The molecule has 0 saturated heterocycles. The summed E-state index contributed by atoms with van der Waals surface area (Å²) in [4.78, 5) is 7.98. The number of aryl methyl sites for hydroxylation is 1. The van der Waals surface area contributed by atoms with E-state index in [-0.39, 0.29) is 11.9 Å². The second-order valence-electron chi connectivity index (χ2n) is 6.04. The first-order chi connectivity index (χ1) is 12.6. The summed E-state index contributed by atoms with van der Waals surface area (Å²) < 4.78 is 5.93. The summed E-state index contributed by atoms with van der Waals surface area (Å²) in [5.41, 5.74) is 22.6. The minimum atomic E-state index is 0.111. The molecule has 2 aromatic rings. The van der Waals surface area contributed by atoms with E-state index in [4.69, 9.17) is 27.7 Å². The van der Waals surface area contributed by atoms with E-state index in [2.05, 4.69) is 28.2 Å². The fraction of sp³-hybridized carbons (Fsp3) is 0.368. The Bertz CT molecular complexity index is 699. The van der Waals surface area contributed by atoms with Gasteiger partial charge in [0, 0.05) is 24.9 Å². The van der Waals surface area contributed by atoms with Crippen molar-refractivity contribution in [2.75, 3.05) is 19.7 Å². The van der Waals surface area contributed by atoms with Crippen LogP contribution in [0.3, 0.4) is 0 Å². The Morgan fingerprint density at radius 1 is 0.769 bits per heavy atom. The highest BCUT2D eigenvalue weighted by molar-refractivity contribution is 5.91. The molecule has 0 atom stereocenters. The van der Waals surface area contributed by atoms with Crippen molar-refractivity contribution in [2.24, 2.45) is 32.9 Å². The minimum absolute atomic E-state index is 0.111. The number of ether oxygens (including phenoxy) is 1. The minimum Gasteiger partial charge on any atom is -0.493 e. The quantitative estimate of drug-likeness (QED) is 0.290. The Morgan fingerprint density at radius 3 is 2.12 bits per heavy atom. The Kier molecular flexibility index (Phi) is 7.54. The van der Waals surface area contributed by atoms with Gasteiger partial charge in [-0.15, -0.1) is 0 Å². The third-order valence-electron chi connectivity index (χ3n) is 3.98. The SMILES string of the molecule is NC(N)=NCCCCc1ccc(OCCCN=C(N)N)c2ccccc12. The van der Waals surface area contributed by atoms with E-state index >= 15 is 0 Å². The van der Waals surface area contributed by atoms with Gasteiger partial charge in [0.1, 0.15) is 5.75 Å². The third kappa shape index (κ3) is 6.16. The molecule has 0 heterocycles. The van der Waals surface area contributed by atoms with Crippen molar-refractivity contribution < 1.29 is 4.74 Å². The molecule has 0 saturated carbocycles. The van der Waals surface area contributed by atoms with Crippen LogP contribution in [0.15, 0.2) is 46.4 Å². The predicted molar refractivity (Wildman–Crippen MR) is 108 cm³/mol. The molecule has 0 spiro atoms. The van der Waals surface area contributed by atoms with Crippen molar-refractivity contribution in [2.45, 2.75) is 25.7 Å². The molecule has 0 aliphatic carbocycles. The molecule has 8 N–H and O–H groups in total. The number of hydrogen-bond acceptors (Lipinski definition) is 3. The van der Waals surface area contributed by atoms with Crippen LogP contribution in [-0.2, 0) is 6.42 Å². The predicted octanol–water partition coefficient (Wildman–Crippen LogP) is 1.48. The molecule has 7 heteroatoms. The number of rotatable bonds is 10. The molecule has 0 unspecified atom stereocenters. The van der Waals surface area contributed by atoms with Crippen molar-refractivity contribution in [1.82, 2.24) is 0 Å². The molecule has 0 bridgehead atoms. The number of guanidine groups is 2. The summed E-state index contributed by atoms with van der Waals surface area (Å²) in [5, 5.41) is 2.34. The first-order valence-electron chi connectivity index (χ1n) is 8.82. The van der Waals surface area contributed by atoms with Gasteiger partial charge in [-0.1, -0.05) is 30.3 Å². The standard InChI is InChI=1S/C19H28N6O/c20-18(21)24-11-4-3-6-14-9-10-17(16-8-2-1-7-15(14)16)26-13-5-12-25-19(22)23/h1-2,7-10H,3-6,11-13H2,(H4,20,21,24)(H4,22,23,25). The largest absolute Gasteiger partial charge is 0.493 e. The molecule has 0 aromatic heterocycles. The molecule has 0 fully saturated rings. The number of nitrogens with zero attached hydrogens (tertiary/aromatic N) is 2. The molecular weight excluding hydrogens is 328 g/mol. The van der Waals surface area contributed by atoms with Gasteiger partial charge in [-0.3, -0.25) is 9.98 Å². The van der Waals surface area contributed by atoms with Gasteiger partial charge in [-0.05, 0) is 36.3 Å². The van der Waals surface area contributed by atoms with Gasteiger partial charge in [0.15, 0.2) is 11.9 Å². The molecule has 7 nitrogen and oxygen atoms in total. The lowest BCUT2D eigenvalue weighted by Gasteiger charge is -2.12. The van der Waals surface area contributed by atoms with Crippen LogP contribution in [-0.4, -0.2) is 31.6 Å². The van der Waals surface area contributed by atoms with E-state index in [1.165, 1.54) is 10.9 Å². The van der Waals surface area contributed by atoms with E-state index in [0.29, 0.717) is 19.7 Å². The highest BCUT2D eigenvalue weighted by atomic mass is 16.5. The second kappa shape index (κ2) is 10.1. The number of benzene rings is 2. The molecule has 0 radical (unpaired) electrons. The summed E-state index contributed by atoms with van der Waals surface area (Å²) >= 11 is 0. The van der Waals surface area contributed by atoms with Gasteiger partial charge in [0.25, 0.3) is 0 Å². The highest BCUT2D eigenvalue weighted by Gasteiger charge is 2.06. The Balaban J connectivity index is 1.98. The number of nitrogens with two attached hydrogens (primary N) is 4. The maximum atomic E-state index is 5.93. The van der Waals surface area contributed by atoms with E-state index in [1.54, 1.807) is 0 Å². The maximum absolute atomic E-state index is 5.93. The number of unbranched alkanes of at least 4 members (excludes halogenated alkanes) is 1. The maximum Gasteiger partial charge on any atom is 0.185 e. The molecular formula is C19H28N6O. The molecule has 0 amide bonds. The van der Waals surface area contributed by atoms with Crippen LogP contribution in [0.2, 0.25) is 0 Å². The van der Waals surface area contributed by atoms with Crippen LogP contribution in [0, 0.1) is 0 Å². The molecule has 140 valence electrons. The second-order valence-corrected chi connectivity index (χ2v) is 6.04. The van der Waals surface area contributed by atoms with Crippen molar-refractivity contribution in [3.8, 4) is 5.75 Å². The summed E-state index contributed by atoms with van der Waals surface area (Å²) in [5.74, 6) is 1.14. The summed E-state index contributed by atoms with van der Waals surface area (Å²) in [6.07, 6.45) is 3.72. The lowest BCUT2D eigenvalue weighted by Crippen LogP contribution is -2.23. The van der Waals surface area contributed by atoms with Gasteiger partial charge >= 0.3 is 0 Å². The Morgan fingerprint density at radius 2 is 1.42 bits per heavy atom. The average Bonchev–Trinajstić information content (AvgIpc) is 2.61. The molecule has 2 aromatic carbocycles. The van der Waals surface area contributed by atoms with Gasteiger partial charge in [0.05, 0.1) is 6.61 Å².